The Morgan fingerprint density at radius 1 is 1.41 bits per heavy atom. The predicted molar refractivity (Wildman–Crippen MR) is 65.6 cm³/mol. The van der Waals surface area contributed by atoms with E-state index in [4.69, 9.17) is 5.84 Å². The topological polar surface area (TPSA) is 77.2 Å². The lowest BCUT2D eigenvalue weighted by atomic mass is 10.1. The third-order valence-electron chi connectivity index (χ3n) is 2.51. The smallest absolute Gasteiger partial charge is 0.341 e. The highest BCUT2D eigenvalue weighted by atomic mass is 16.5. The monoisotopic (exact) mass is 231 g/mol. The quantitative estimate of drug-likeness (QED) is 0.466. The number of nitrogens with one attached hydrogen (secondary N) is 1. The molecule has 0 atom stereocenters. The van der Waals surface area contributed by atoms with E-state index in [9.17, 15) is 4.79 Å². The minimum atomic E-state index is -0.464. The van der Waals surface area contributed by atoms with Crippen LogP contribution in [0.15, 0.2) is 24.3 Å². The van der Waals surface area contributed by atoms with Crippen LogP contribution in [0.2, 0.25) is 0 Å². The van der Waals surface area contributed by atoms with Crippen LogP contribution in [0.3, 0.4) is 0 Å². The standard InChI is InChI=1S/C12H13N3O2/c1-7-3-4-10-8(5-7)6-9(12(16)17-2)11(14-10)15-13/h3-6H,13H2,1-2H3,(H,14,15). The van der Waals surface area contributed by atoms with E-state index in [-0.39, 0.29) is 0 Å². The fraction of sp³-hybridized carbons (Fsp3) is 0.167. The molecule has 0 amide bonds. The van der Waals surface area contributed by atoms with Crippen molar-refractivity contribution in [3.63, 3.8) is 0 Å². The van der Waals surface area contributed by atoms with Gasteiger partial charge in [-0.1, -0.05) is 11.6 Å². The van der Waals surface area contributed by atoms with E-state index in [0.717, 1.165) is 16.5 Å². The molecule has 0 spiro atoms. The molecule has 0 saturated carbocycles. The molecule has 0 saturated heterocycles. The van der Waals surface area contributed by atoms with Crippen LogP contribution < -0.4 is 11.3 Å². The predicted octanol–water partition coefficient (Wildman–Crippen LogP) is 1.62. The largest absolute Gasteiger partial charge is 0.465 e. The Bertz CT molecular complexity index is 581. The van der Waals surface area contributed by atoms with Crippen molar-refractivity contribution in [3.8, 4) is 0 Å². The van der Waals surface area contributed by atoms with Crippen LogP contribution in [0, 0.1) is 6.92 Å². The maximum absolute atomic E-state index is 11.6. The van der Waals surface area contributed by atoms with E-state index in [2.05, 4.69) is 15.1 Å². The number of esters is 1. The van der Waals surface area contributed by atoms with Gasteiger partial charge in [0, 0.05) is 5.39 Å². The Morgan fingerprint density at radius 3 is 2.82 bits per heavy atom. The second-order valence-electron chi connectivity index (χ2n) is 3.72. The summed E-state index contributed by atoms with van der Waals surface area (Å²) in [5.74, 6) is 5.19. The molecule has 88 valence electrons. The van der Waals surface area contributed by atoms with Crippen LogP contribution in [0.25, 0.3) is 10.9 Å². The first kappa shape index (κ1) is 11.3. The van der Waals surface area contributed by atoms with Crippen LogP contribution in [-0.4, -0.2) is 18.1 Å². The summed E-state index contributed by atoms with van der Waals surface area (Å²) >= 11 is 0. The molecule has 0 aliphatic heterocycles. The van der Waals surface area contributed by atoms with Crippen LogP contribution in [0.5, 0.6) is 0 Å². The SMILES string of the molecule is COC(=O)c1cc2cc(C)ccc2nc1NN. The van der Waals surface area contributed by atoms with E-state index >= 15 is 0 Å². The van der Waals surface area contributed by atoms with Crippen molar-refractivity contribution >= 4 is 22.7 Å². The van der Waals surface area contributed by atoms with Gasteiger partial charge in [0.1, 0.15) is 5.56 Å². The third kappa shape index (κ3) is 2.05. The number of hydrogen-bond donors (Lipinski definition) is 2. The van der Waals surface area contributed by atoms with Gasteiger partial charge in [-0.25, -0.2) is 15.6 Å². The highest BCUT2D eigenvalue weighted by Gasteiger charge is 2.14. The molecule has 0 aliphatic rings. The summed E-state index contributed by atoms with van der Waals surface area (Å²) in [5.41, 5.74) is 4.61. The minimum absolute atomic E-state index is 0.313. The highest BCUT2D eigenvalue weighted by Crippen LogP contribution is 2.21. The number of nitrogens with zero attached hydrogens (tertiary/aromatic N) is 1. The summed E-state index contributed by atoms with van der Waals surface area (Å²) in [6.07, 6.45) is 0. The number of nitrogen functional groups attached to an aromatic ring is 1. The van der Waals surface area contributed by atoms with Crippen LogP contribution in [-0.2, 0) is 4.74 Å². The lowest BCUT2D eigenvalue weighted by Gasteiger charge is -2.08. The van der Waals surface area contributed by atoms with Gasteiger partial charge in [-0.3, -0.25) is 0 Å². The van der Waals surface area contributed by atoms with Gasteiger partial charge in [0.15, 0.2) is 5.82 Å². The molecule has 2 aromatic rings. The number of fused-ring (bicyclic) bond motifs is 1. The van der Waals surface area contributed by atoms with Crippen LogP contribution in [0.4, 0.5) is 5.82 Å². The fourth-order valence-electron chi connectivity index (χ4n) is 1.67. The average molecular weight is 231 g/mol. The summed E-state index contributed by atoms with van der Waals surface area (Å²) in [6, 6.07) is 7.51. The maximum atomic E-state index is 11.6. The number of methoxy groups -OCH3 is 1. The fourth-order valence-corrected chi connectivity index (χ4v) is 1.67. The highest BCUT2D eigenvalue weighted by molar-refractivity contribution is 5.99. The Morgan fingerprint density at radius 2 is 2.18 bits per heavy atom. The summed E-state index contributed by atoms with van der Waals surface area (Å²) in [6.45, 7) is 1.98. The second-order valence-corrected chi connectivity index (χ2v) is 3.72. The molecule has 0 radical (unpaired) electrons. The number of pyridine rings is 1. The lowest BCUT2D eigenvalue weighted by Crippen LogP contribution is -2.14. The molecule has 0 bridgehead atoms. The van der Waals surface area contributed by atoms with Crippen molar-refractivity contribution in [2.24, 2.45) is 5.84 Å². The molecule has 5 nitrogen and oxygen atoms in total. The van der Waals surface area contributed by atoms with Gasteiger partial charge < -0.3 is 10.2 Å². The van der Waals surface area contributed by atoms with E-state index in [0.29, 0.717) is 11.4 Å². The first-order valence-corrected chi connectivity index (χ1v) is 5.12. The van der Waals surface area contributed by atoms with E-state index in [1.165, 1.54) is 7.11 Å². The number of carbonyl (C=O) groups excluding carboxylic acids is 1. The van der Waals surface area contributed by atoms with Gasteiger partial charge in [-0.2, -0.15) is 0 Å². The van der Waals surface area contributed by atoms with Gasteiger partial charge in [0.25, 0.3) is 0 Å². The summed E-state index contributed by atoms with van der Waals surface area (Å²) in [4.78, 5) is 15.8. The Kier molecular flexibility index (Phi) is 2.93. The molecule has 1 heterocycles. The number of anilines is 1. The zero-order valence-electron chi connectivity index (χ0n) is 9.65. The zero-order chi connectivity index (χ0) is 12.4. The number of rotatable bonds is 2. The molecule has 17 heavy (non-hydrogen) atoms. The van der Waals surface area contributed by atoms with Gasteiger partial charge in [0.05, 0.1) is 12.6 Å². The van der Waals surface area contributed by atoms with Crippen LogP contribution >= 0.6 is 0 Å². The molecule has 0 unspecified atom stereocenters. The first-order valence-electron chi connectivity index (χ1n) is 5.12. The number of benzene rings is 1. The molecule has 2 rings (SSSR count). The van der Waals surface area contributed by atoms with Crippen molar-refractivity contribution < 1.29 is 9.53 Å². The molecule has 0 fully saturated rings. The van der Waals surface area contributed by atoms with Gasteiger partial charge in [-0.05, 0) is 25.1 Å². The summed E-state index contributed by atoms with van der Waals surface area (Å²) in [7, 11) is 1.32. The van der Waals surface area contributed by atoms with E-state index in [1.54, 1.807) is 6.07 Å². The van der Waals surface area contributed by atoms with Crippen molar-refractivity contribution in [2.45, 2.75) is 6.92 Å². The van der Waals surface area contributed by atoms with E-state index in [1.807, 2.05) is 25.1 Å². The van der Waals surface area contributed by atoms with Crippen LogP contribution in [0.1, 0.15) is 15.9 Å². The number of hydrogen-bond acceptors (Lipinski definition) is 5. The Hall–Kier alpha value is -2.14. The normalized spacial score (nSPS) is 10.3. The number of nitrogens with two attached hydrogens (primary N) is 1. The molecular formula is C12H13N3O2. The van der Waals surface area contributed by atoms with Crippen molar-refractivity contribution in [2.75, 3.05) is 12.5 Å². The van der Waals surface area contributed by atoms with Crippen molar-refractivity contribution in [1.29, 1.82) is 0 Å². The number of carbonyl (C=O) groups is 1. The van der Waals surface area contributed by atoms with Gasteiger partial charge in [0.2, 0.25) is 0 Å². The molecule has 3 N–H and O–H groups in total. The molecule has 5 heteroatoms. The number of aryl methyl sites for hydroxylation is 1. The Labute approximate surface area is 98.6 Å². The Balaban J connectivity index is 2.69. The summed E-state index contributed by atoms with van der Waals surface area (Å²) < 4.78 is 4.68. The van der Waals surface area contributed by atoms with E-state index < -0.39 is 5.97 Å². The first-order chi connectivity index (χ1) is 8.15. The molecule has 1 aromatic carbocycles. The summed E-state index contributed by atoms with van der Waals surface area (Å²) in [5, 5.41) is 0.879. The lowest BCUT2D eigenvalue weighted by molar-refractivity contribution is 0.0601. The number of aromatic nitrogens is 1. The maximum Gasteiger partial charge on any atom is 0.341 e. The minimum Gasteiger partial charge on any atom is -0.465 e. The van der Waals surface area contributed by atoms with Crippen molar-refractivity contribution in [3.05, 3.63) is 35.4 Å². The third-order valence-corrected chi connectivity index (χ3v) is 2.51. The number of hydrazine groups is 1. The number of ether oxygens (including phenoxy) is 1. The molecular weight excluding hydrogens is 218 g/mol. The van der Waals surface area contributed by atoms with Gasteiger partial charge >= 0.3 is 5.97 Å². The molecule has 1 aromatic heterocycles. The molecule has 0 aliphatic carbocycles. The van der Waals surface area contributed by atoms with Gasteiger partial charge in [-0.15, -0.1) is 0 Å². The zero-order valence-corrected chi connectivity index (χ0v) is 9.65. The average Bonchev–Trinajstić information content (AvgIpc) is 2.36. The second kappa shape index (κ2) is 4.39. The van der Waals surface area contributed by atoms with Crippen molar-refractivity contribution in [1.82, 2.24) is 4.98 Å².